The molecule has 0 spiro atoms. The van der Waals surface area contributed by atoms with Gasteiger partial charge in [-0.1, -0.05) is 13.0 Å². The second-order valence-electron chi connectivity index (χ2n) is 6.88. The van der Waals surface area contributed by atoms with Gasteiger partial charge < -0.3 is 13.9 Å². The average molecular weight is 342 g/mol. The molecule has 5 heteroatoms. The summed E-state index contributed by atoms with van der Waals surface area (Å²) in [5, 5.41) is 0. The molecule has 0 radical (unpaired) electrons. The second-order valence-corrected chi connectivity index (χ2v) is 6.88. The fourth-order valence-corrected chi connectivity index (χ4v) is 3.96. The minimum atomic E-state index is 0.114. The molecular weight excluding hydrogens is 316 g/mol. The molecule has 134 valence electrons. The maximum Gasteiger partial charge on any atom is 0.118 e. The van der Waals surface area contributed by atoms with Crippen LogP contribution in [-0.4, -0.2) is 41.3 Å². The van der Waals surface area contributed by atoms with E-state index < -0.39 is 0 Å². The van der Waals surface area contributed by atoms with Gasteiger partial charge in [0.2, 0.25) is 0 Å². The number of nitrogens with zero attached hydrogens (tertiary/aromatic N) is 2. The van der Waals surface area contributed by atoms with E-state index in [1.807, 2.05) is 12.3 Å². The first-order chi connectivity index (χ1) is 12.3. The molecule has 1 saturated carbocycles. The number of furan rings is 1. The van der Waals surface area contributed by atoms with E-state index in [9.17, 15) is 0 Å². The van der Waals surface area contributed by atoms with Gasteiger partial charge >= 0.3 is 0 Å². The predicted molar refractivity (Wildman–Crippen MR) is 94.1 cm³/mol. The number of rotatable bonds is 6. The number of hydrogen-bond donors (Lipinski definition) is 0. The van der Waals surface area contributed by atoms with E-state index in [0.717, 1.165) is 56.0 Å². The van der Waals surface area contributed by atoms with Gasteiger partial charge in [0.05, 0.1) is 32.0 Å². The van der Waals surface area contributed by atoms with Crippen LogP contribution in [0.1, 0.15) is 36.8 Å². The van der Waals surface area contributed by atoms with Gasteiger partial charge in [-0.25, -0.2) is 0 Å². The molecule has 25 heavy (non-hydrogen) atoms. The molecule has 1 aliphatic heterocycles. The Morgan fingerprint density at radius 3 is 2.96 bits per heavy atom. The molecule has 3 unspecified atom stereocenters. The van der Waals surface area contributed by atoms with Gasteiger partial charge in [-0.3, -0.25) is 9.88 Å². The Balaban J connectivity index is 1.44. The molecule has 1 saturated heterocycles. The molecule has 0 amide bonds. The van der Waals surface area contributed by atoms with E-state index in [1.165, 1.54) is 0 Å². The van der Waals surface area contributed by atoms with Crippen molar-refractivity contribution in [3.8, 4) is 0 Å². The van der Waals surface area contributed by atoms with Crippen LogP contribution in [-0.2, 0) is 29.0 Å². The molecular formula is C20H26N2O3. The summed E-state index contributed by atoms with van der Waals surface area (Å²) >= 11 is 0. The van der Waals surface area contributed by atoms with Crippen molar-refractivity contribution in [3.63, 3.8) is 0 Å². The zero-order valence-corrected chi connectivity index (χ0v) is 14.8. The quantitative estimate of drug-likeness (QED) is 0.807. The topological polar surface area (TPSA) is 47.7 Å². The van der Waals surface area contributed by atoms with E-state index in [4.69, 9.17) is 13.9 Å². The van der Waals surface area contributed by atoms with Crippen LogP contribution >= 0.6 is 0 Å². The van der Waals surface area contributed by atoms with E-state index >= 15 is 0 Å². The zero-order valence-electron chi connectivity index (χ0n) is 14.8. The molecule has 3 atom stereocenters. The molecule has 4 rings (SSSR count). The van der Waals surface area contributed by atoms with Gasteiger partial charge in [0.1, 0.15) is 11.5 Å². The van der Waals surface area contributed by atoms with Crippen LogP contribution in [0.2, 0.25) is 0 Å². The van der Waals surface area contributed by atoms with Crippen molar-refractivity contribution in [2.45, 2.75) is 57.6 Å². The van der Waals surface area contributed by atoms with Crippen LogP contribution in [0.3, 0.4) is 0 Å². The Morgan fingerprint density at radius 1 is 1.24 bits per heavy atom. The van der Waals surface area contributed by atoms with Crippen molar-refractivity contribution in [3.05, 3.63) is 53.7 Å². The standard InChI is InChI=1S/C20H26N2O3/c1-2-16-5-6-17(25-16)13-22-10-11-23-19-8-7-18(22)20(19)24-14-15-4-3-9-21-12-15/h3-6,9,12,18-20H,2,7-8,10-11,13-14H2,1H3. The lowest BCUT2D eigenvalue weighted by molar-refractivity contribution is -0.0616. The Hall–Kier alpha value is -1.69. The fraction of sp³-hybridized carbons (Fsp3) is 0.550. The second kappa shape index (κ2) is 7.68. The van der Waals surface area contributed by atoms with E-state index in [2.05, 4.69) is 35.0 Å². The van der Waals surface area contributed by atoms with Gasteiger partial charge in [-0.15, -0.1) is 0 Å². The summed E-state index contributed by atoms with van der Waals surface area (Å²) in [5.74, 6) is 2.09. The third-order valence-corrected chi connectivity index (χ3v) is 5.26. The van der Waals surface area contributed by atoms with Crippen LogP contribution in [0.15, 0.2) is 41.1 Å². The van der Waals surface area contributed by atoms with E-state index in [0.29, 0.717) is 12.6 Å². The van der Waals surface area contributed by atoms with Crippen LogP contribution < -0.4 is 0 Å². The Kier molecular flexibility index (Phi) is 5.15. The summed E-state index contributed by atoms with van der Waals surface area (Å²) in [6, 6.07) is 8.57. The van der Waals surface area contributed by atoms with Crippen LogP contribution in [0.4, 0.5) is 0 Å². The third-order valence-electron chi connectivity index (χ3n) is 5.26. The lowest BCUT2D eigenvalue weighted by atomic mass is 10.1. The smallest absolute Gasteiger partial charge is 0.118 e. The summed E-state index contributed by atoms with van der Waals surface area (Å²) in [6.07, 6.45) is 7.09. The number of hydrogen-bond acceptors (Lipinski definition) is 5. The summed E-state index contributed by atoms with van der Waals surface area (Å²) in [5.41, 5.74) is 1.11. The average Bonchev–Trinajstić information content (AvgIpc) is 3.21. The first-order valence-corrected chi connectivity index (χ1v) is 9.27. The lowest BCUT2D eigenvalue weighted by Gasteiger charge is -2.30. The van der Waals surface area contributed by atoms with Gasteiger partial charge in [-0.2, -0.15) is 0 Å². The highest BCUT2D eigenvalue weighted by Gasteiger charge is 2.43. The highest BCUT2D eigenvalue weighted by atomic mass is 16.5. The van der Waals surface area contributed by atoms with Crippen molar-refractivity contribution in [2.24, 2.45) is 0 Å². The van der Waals surface area contributed by atoms with Gasteiger partial charge in [0.25, 0.3) is 0 Å². The Bertz CT molecular complexity index is 673. The number of aromatic nitrogens is 1. The van der Waals surface area contributed by atoms with Gasteiger partial charge in [0, 0.05) is 31.4 Å². The number of pyridine rings is 1. The van der Waals surface area contributed by atoms with Gasteiger partial charge in [0.15, 0.2) is 0 Å². The van der Waals surface area contributed by atoms with Crippen LogP contribution in [0.5, 0.6) is 0 Å². The maximum atomic E-state index is 6.29. The first kappa shape index (κ1) is 16.8. The van der Waals surface area contributed by atoms with E-state index in [1.54, 1.807) is 6.20 Å². The van der Waals surface area contributed by atoms with Crippen molar-refractivity contribution < 1.29 is 13.9 Å². The fourth-order valence-electron chi connectivity index (χ4n) is 3.96. The maximum absolute atomic E-state index is 6.29. The van der Waals surface area contributed by atoms with E-state index in [-0.39, 0.29) is 12.2 Å². The third kappa shape index (κ3) is 3.78. The summed E-state index contributed by atoms with van der Waals surface area (Å²) < 4.78 is 18.3. The monoisotopic (exact) mass is 342 g/mol. The Labute approximate surface area is 148 Å². The first-order valence-electron chi connectivity index (χ1n) is 9.27. The minimum absolute atomic E-state index is 0.114. The van der Waals surface area contributed by atoms with Gasteiger partial charge in [-0.05, 0) is 36.6 Å². The van der Waals surface area contributed by atoms with Crippen molar-refractivity contribution in [1.82, 2.24) is 9.88 Å². The van der Waals surface area contributed by atoms with Crippen LogP contribution in [0.25, 0.3) is 0 Å². The van der Waals surface area contributed by atoms with Crippen LogP contribution in [0, 0.1) is 0 Å². The normalized spacial score (nSPS) is 26.7. The molecule has 0 N–H and O–H groups in total. The largest absolute Gasteiger partial charge is 0.465 e. The highest BCUT2D eigenvalue weighted by Crippen LogP contribution is 2.33. The number of ether oxygens (including phenoxy) is 2. The minimum Gasteiger partial charge on any atom is -0.465 e. The lowest BCUT2D eigenvalue weighted by Crippen LogP contribution is -2.42. The molecule has 2 aromatic rings. The molecule has 5 nitrogen and oxygen atoms in total. The zero-order chi connectivity index (χ0) is 17.1. The van der Waals surface area contributed by atoms with Crippen molar-refractivity contribution >= 4 is 0 Å². The number of aryl methyl sites for hydroxylation is 1. The summed E-state index contributed by atoms with van der Waals surface area (Å²) in [4.78, 5) is 6.64. The molecule has 2 aliphatic rings. The molecule has 0 aromatic carbocycles. The summed E-state index contributed by atoms with van der Waals surface area (Å²) in [6.45, 7) is 5.22. The Morgan fingerprint density at radius 2 is 2.16 bits per heavy atom. The molecule has 2 aromatic heterocycles. The molecule has 2 fully saturated rings. The summed E-state index contributed by atoms with van der Waals surface area (Å²) in [7, 11) is 0. The predicted octanol–water partition coefficient (Wildman–Crippen LogP) is 3.19. The molecule has 1 aliphatic carbocycles. The highest BCUT2D eigenvalue weighted by molar-refractivity contribution is 5.09. The molecule has 3 heterocycles. The SMILES string of the molecule is CCc1ccc(CN2CCOC3CCC2C3OCc2cccnc2)o1. The molecule has 2 bridgehead atoms. The number of fused-ring (bicyclic) bond motifs is 2. The van der Waals surface area contributed by atoms with Crippen molar-refractivity contribution in [1.29, 1.82) is 0 Å². The van der Waals surface area contributed by atoms with Crippen molar-refractivity contribution in [2.75, 3.05) is 13.2 Å².